The maximum absolute atomic E-state index is 15.3. The summed E-state index contributed by atoms with van der Waals surface area (Å²) in [7, 11) is 0. The van der Waals surface area contributed by atoms with E-state index in [-0.39, 0.29) is 67.6 Å². The number of hydrogen-bond acceptors (Lipinski definition) is 10. The molecule has 8 aromatic rings. The van der Waals surface area contributed by atoms with Gasteiger partial charge in [-0.15, -0.1) is 0 Å². The van der Waals surface area contributed by atoms with Gasteiger partial charge in [-0.05, 0) is 171 Å². The molecule has 2 aliphatic rings. The van der Waals surface area contributed by atoms with Gasteiger partial charge in [0.2, 0.25) is 11.8 Å². The number of nitrogens with zero attached hydrogens (tertiary/aromatic N) is 8. The van der Waals surface area contributed by atoms with Gasteiger partial charge in [0.15, 0.2) is 10.3 Å². The molecule has 0 saturated heterocycles. The quantitative estimate of drug-likeness (QED) is 0.0295. The van der Waals surface area contributed by atoms with Crippen LogP contribution in [-0.4, -0.2) is 102 Å². The number of likely N-dealkylation sites (N-methyl/N-ethyl adjacent to an activating group) is 2. The van der Waals surface area contributed by atoms with Gasteiger partial charge in [-0.2, -0.15) is 36.3 Å². The van der Waals surface area contributed by atoms with E-state index in [0.717, 1.165) is 61.7 Å². The number of halogens is 8. The zero-order valence-corrected chi connectivity index (χ0v) is 52.6. The lowest BCUT2D eigenvalue weighted by atomic mass is 9.98. The van der Waals surface area contributed by atoms with E-state index >= 15 is 4.79 Å². The summed E-state index contributed by atoms with van der Waals surface area (Å²) in [6.07, 6.45) is -20.7. The summed E-state index contributed by atoms with van der Waals surface area (Å²) in [4.78, 5) is 63.5. The van der Waals surface area contributed by atoms with E-state index in [2.05, 4.69) is 9.97 Å². The van der Waals surface area contributed by atoms with Crippen LogP contribution in [0, 0.1) is 18.6 Å². The van der Waals surface area contributed by atoms with Crippen LogP contribution in [0.25, 0.3) is 22.3 Å². The SMILES string of the molecule is [2H]c1c([2H])c(C([2H])([2H])N(C(=O)Cn2c(SC([2H])([2H])c3ccc(F)cc3)nc(=O)c3c2C([2H])([2H])C([2H])([2H])C3([2H])[2H])C([2H])([2H])C([2H])([2H])N(C([2H])([2H])C)C([2H])([2H])C)c([2H])c([2H])c1-c1c([2H])c([2H])c(C(F)(F)F)c(C)c1[2H].[2H]c1c([2H])c(C([2H])([2H])Sc2nc(=O)c3c(n2CC(=O)N(C([2H])(C)c2ccc(-c4ccc(C(F)(F)F)cc4)cc2)C([2H])([2H])C([2H])([2H])N(C([2H])([2H])C)C([2H])([2H])C)CCC3)c([2H])c([2H])c1F. The van der Waals surface area contributed by atoms with Crippen LogP contribution in [0.1, 0.15) is 170 Å². The summed E-state index contributed by atoms with van der Waals surface area (Å²) in [5.74, 6) is -6.20. The molecule has 2 aromatic heterocycles. The van der Waals surface area contributed by atoms with Crippen molar-refractivity contribution in [2.75, 3.05) is 52.0 Å². The standard InChI is InChI=1S/2C37H40F4N4O2S/c1-4-43(5-2)21-22-44(25(3)27-11-13-28(14-12-27)29-15-17-30(18-16-29)37(39,40)41)34(46)23-45-33-8-6-7-32(33)35(47)42-36(45)48-24-26-9-19-31(38)20-10-26;1-4-43(5-2)19-20-44(22-26-9-13-28(14-10-26)29-15-18-32(25(3)21-29)37(39,40)41)34(46)23-45-33-8-6-7-31(33)35(47)42-36(45)48-24-27-11-16-30(38)17-12-27/h9-20,25H,4-8,21-24H2,1-3H3;9-18,21H,4-8,19-20,22-24H2,1-3H3/i4D2,5D2,9D,10D,19D,20D,21D2,22D2,24D2,25D;4D2,5D2,6D2,7D2,8D2,9D,10D,13D,14D,15D,18D,19D2,20D2,21D,22D2,24D2. The van der Waals surface area contributed by atoms with Crippen molar-refractivity contribution < 1.29 is 99.5 Å². The normalized spacial score (nSPS) is 22.8. The summed E-state index contributed by atoms with van der Waals surface area (Å²) >= 11 is -0.153. The van der Waals surface area contributed by atoms with Crippen molar-refractivity contribution >= 4 is 35.3 Å². The first kappa shape index (κ1) is 36.1. The van der Waals surface area contributed by atoms with Gasteiger partial charge >= 0.3 is 12.4 Å². The van der Waals surface area contributed by atoms with E-state index in [1.165, 1.54) is 36.4 Å². The molecule has 1 unspecified atom stereocenters. The Labute approximate surface area is 620 Å². The van der Waals surface area contributed by atoms with Crippen molar-refractivity contribution in [2.24, 2.45) is 0 Å². The van der Waals surface area contributed by atoms with Crippen LogP contribution in [0.2, 0.25) is 0 Å². The fraction of sp³-hybridized carbons (Fsp3) is 0.378. The lowest BCUT2D eigenvalue weighted by Crippen LogP contribution is -2.42. The molecule has 2 heterocycles. The molecule has 22 heteroatoms. The minimum atomic E-state index is -5.33. The number of carbonyl (C=O) groups is 2. The molecular formula is C74H80F8N8O4S2. The van der Waals surface area contributed by atoms with Crippen molar-refractivity contribution in [1.29, 1.82) is 0 Å². The van der Waals surface area contributed by atoms with Crippen molar-refractivity contribution in [1.82, 2.24) is 38.7 Å². The van der Waals surface area contributed by atoms with Crippen molar-refractivity contribution in [2.45, 2.75) is 140 Å². The van der Waals surface area contributed by atoms with Gasteiger partial charge in [-0.3, -0.25) is 19.2 Å². The number of alkyl halides is 6. The second-order valence-electron chi connectivity index (χ2n) is 19.9. The summed E-state index contributed by atoms with van der Waals surface area (Å²) in [6, 6.07) is -5.45. The number of fused-ring (bicyclic) bond motifs is 2. The number of hydrogen-bond donors (Lipinski definition) is 0. The van der Waals surface area contributed by atoms with E-state index in [4.69, 9.17) is 45.2 Å². The lowest BCUT2D eigenvalue weighted by Gasteiger charge is -2.33. The fourth-order valence-electron chi connectivity index (χ4n) is 8.99. The molecule has 10 rings (SSSR count). The Hall–Kier alpha value is -7.92. The maximum atomic E-state index is 15.3. The molecule has 0 saturated carbocycles. The van der Waals surface area contributed by atoms with Crippen LogP contribution < -0.4 is 11.1 Å². The number of thioether (sulfide) groups is 2. The van der Waals surface area contributed by atoms with E-state index in [0.29, 0.717) is 38.3 Å². The molecule has 96 heavy (non-hydrogen) atoms. The van der Waals surface area contributed by atoms with Crippen LogP contribution in [0.15, 0.2) is 159 Å². The molecule has 0 fully saturated rings. The zero-order chi connectivity index (χ0) is 104. The Morgan fingerprint density at radius 2 is 1.15 bits per heavy atom. The van der Waals surface area contributed by atoms with Crippen LogP contribution >= 0.6 is 23.5 Å². The largest absolute Gasteiger partial charge is 0.416 e. The van der Waals surface area contributed by atoms with Crippen LogP contribution in [-0.2, 0) is 78.5 Å². The highest BCUT2D eigenvalue weighted by atomic mass is 32.2. The van der Waals surface area contributed by atoms with Crippen LogP contribution in [0.4, 0.5) is 35.1 Å². The predicted molar refractivity (Wildman–Crippen MR) is 363 cm³/mol. The first-order valence-corrected chi connectivity index (χ1v) is 29.8. The number of carbonyl (C=O) groups excluding carboxylic acids is 2. The molecule has 0 spiro atoms. The van der Waals surface area contributed by atoms with Gasteiger partial charge in [0.25, 0.3) is 11.1 Å². The molecule has 0 radical (unpaired) electrons. The van der Waals surface area contributed by atoms with Gasteiger partial charge in [-0.25, -0.2) is 8.78 Å². The van der Waals surface area contributed by atoms with Crippen molar-refractivity contribution in [3.63, 3.8) is 0 Å². The Kier molecular flexibility index (Phi) is 12.4. The van der Waals surface area contributed by atoms with Gasteiger partial charge in [0.1, 0.15) is 24.7 Å². The van der Waals surface area contributed by atoms with Crippen LogP contribution in [0.5, 0.6) is 0 Å². The first-order chi connectivity index (χ1) is 61.1. The molecule has 12 nitrogen and oxygen atoms in total. The second-order valence-corrected chi connectivity index (χ2v) is 21.4. The monoisotopic (exact) mass is 1400 g/mol. The summed E-state index contributed by atoms with van der Waals surface area (Å²) in [6.45, 7) is -32.7. The highest BCUT2D eigenvalue weighted by Gasteiger charge is 2.34. The minimum Gasteiger partial charge on any atom is -0.336 e. The smallest absolute Gasteiger partial charge is 0.336 e. The molecule has 1 atom stereocenters. The Morgan fingerprint density at radius 1 is 0.604 bits per heavy atom. The highest BCUT2D eigenvalue weighted by molar-refractivity contribution is 7.98. The van der Waals surface area contributed by atoms with Gasteiger partial charge < -0.3 is 28.7 Å². The van der Waals surface area contributed by atoms with Crippen LogP contribution in [0.3, 0.4) is 0 Å². The third-order valence-electron chi connectivity index (χ3n) is 13.8. The Bertz CT molecular complexity index is 6070. The summed E-state index contributed by atoms with van der Waals surface area (Å²) in [5, 5.41) is -1.80. The van der Waals surface area contributed by atoms with E-state index in [1.807, 2.05) is 0 Å². The van der Waals surface area contributed by atoms with Crippen molar-refractivity contribution in [3.8, 4) is 22.3 Å². The summed E-state index contributed by atoms with van der Waals surface area (Å²) in [5.41, 5.74) is -20.1. The van der Waals surface area contributed by atoms with Gasteiger partial charge in [0, 0.05) is 96.6 Å². The van der Waals surface area contributed by atoms with E-state index in [9.17, 15) is 59.1 Å². The molecule has 0 bridgehead atoms. The summed E-state index contributed by atoms with van der Waals surface area (Å²) < 4.78 is 459. The molecule has 0 N–H and O–H groups in total. The van der Waals surface area contributed by atoms with Gasteiger partial charge in [0.05, 0.1) is 41.8 Å². The second kappa shape index (κ2) is 32.9. The van der Waals surface area contributed by atoms with E-state index in [1.54, 1.807) is 0 Å². The number of benzene rings is 6. The van der Waals surface area contributed by atoms with Crippen molar-refractivity contribution in [3.05, 3.63) is 233 Å². The fourth-order valence-corrected chi connectivity index (χ4v) is 10.4. The topological polar surface area (TPSA) is 117 Å². The highest BCUT2D eigenvalue weighted by Crippen LogP contribution is 2.36. The lowest BCUT2D eigenvalue weighted by molar-refractivity contribution is -0.138. The number of rotatable bonds is 26. The molecule has 508 valence electrons. The zero-order valence-electron chi connectivity index (χ0n) is 91.0. The number of amides is 2. The predicted octanol–water partition coefficient (Wildman–Crippen LogP) is 15.3. The molecule has 2 amide bonds. The molecule has 2 aliphatic carbocycles. The molecular weight excluding hydrogens is 1280 g/mol. The third-order valence-corrected chi connectivity index (χ3v) is 15.4. The molecule has 6 aromatic carbocycles. The third kappa shape index (κ3) is 18.6. The van der Waals surface area contributed by atoms with Gasteiger partial charge in [-0.1, -0.05) is 148 Å². The van der Waals surface area contributed by atoms with E-state index < -0.39 is 297 Å². The minimum absolute atomic E-state index is 0.0421. The average Bonchev–Trinajstić information content (AvgIpc) is 1.51. The Morgan fingerprint density at radius 3 is 1.74 bits per heavy atom. The number of aromatic nitrogens is 4. The Balaban J connectivity index is 0.000000308. The average molecular weight is 1400 g/mol. The maximum Gasteiger partial charge on any atom is 0.416 e. The molecule has 0 aliphatic heterocycles. The first-order valence-electron chi connectivity index (χ1n) is 48.1.